The Morgan fingerprint density at radius 2 is 2.07 bits per heavy atom. The Kier molecular flexibility index (Phi) is 6.23. The zero-order chi connectivity index (χ0) is 20.9. The number of rotatable bonds is 6. The third-order valence-corrected chi connectivity index (χ3v) is 6.17. The number of carbonyl (C=O) groups excluding carboxylic acids is 1. The van der Waals surface area contributed by atoms with Gasteiger partial charge in [0.1, 0.15) is 10.8 Å². The van der Waals surface area contributed by atoms with Crippen LogP contribution in [0.1, 0.15) is 24.2 Å². The van der Waals surface area contributed by atoms with E-state index >= 15 is 0 Å². The van der Waals surface area contributed by atoms with E-state index in [4.69, 9.17) is 4.74 Å². The van der Waals surface area contributed by atoms with E-state index in [0.717, 1.165) is 52.9 Å². The standard InChI is InChI=1S/C22H25N5O2S/c1-15-5-10-20(26-25-15)27-11-3-4-17(13-27)21(28)23-12-18-14-30-22(24-18)16-6-8-19(29-2)9-7-16/h5-10,14,17H,3-4,11-13H2,1-2H3,(H,23,28). The number of thiazole rings is 1. The van der Waals surface area contributed by atoms with Crippen LogP contribution < -0.4 is 15.0 Å². The number of amides is 1. The minimum absolute atomic E-state index is 0.0541. The lowest BCUT2D eigenvalue weighted by atomic mass is 9.97. The van der Waals surface area contributed by atoms with Gasteiger partial charge in [0.25, 0.3) is 0 Å². The molecular formula is C22H25N5O2S. The number of ether oxygens (including phenoxy) is 1. The first-order chi connectivity index (χ1) is 14.6. The number of piperidine rings is 1. The maximum Gasteiger partial charge on any atom is 0.225 e. The number of aryl methyl sites for hydroxylation is 1. The number of aromatic nitrogens is 3. The maximum absolute atomic E-state index is 12.7. The first-order valence-corrected chi connectivity index (χ1v) is 10.9. The Hall–Kier alpha value is -3.00. The molecule has 1 aliphatic rings. The molecule has 3 aromatic rings. The van der Waals surface area contributed by atoms with E-state index in [9.17, 15) is 4.79 Å². The van der Waals surface area contributed by atoms with Crippen molar-refractivity contribution in [3.8, 4) is 16.3 Å². The fraction of sp³-hybridized carbons (Fsp3) is 0.364. The second-order valence-electron chi connectivity index (χ2n) is 7.41. The zero-order valence-electron chi connectivity index (χ0n) is 17.2. The van der Waals surface area contributed by atoms with Crippen LogP contribution in [0.4, 0.5) is 5.82 Å². The molecule has 7 nitrogen and oxygen atoms in total. The molecule has 1 amide bonds. The molecule has 4 rings (SSSR count). The number of anilines is 1. The Balaban J connectivity index is 1.33. The number of nitrogens with zero attached hydrogens (tertiary/aromatic N) is 4. The minimum Gasteiger partial charge on any atom is -0.497 e. The normalized spacial score (nSPS) is 16.3. The van der Waals surface area contributed by atoms with Gasteiger partial charge in [-0.25, -0.2) is 4.98 Å². The monoisotopic (exact) mass is 423 g/mol. The van der Waals surface area contributed by atoms with Crippen LogP contribution in [-0.2, 0) is 11.3 Å². The smallest absolute Gasteiger partial charge is 0.225 e. The third-order valence-electron chi connectivity index (χ3n) is 5.23. The molecule has 0 bridgehead atoms. The Bertz CT molecular complexity index is 988. The molecular weight excluding hydrogens is 398 g/mol. The molecule has 0 aliphatic carbocycles. The molecule has 156 valence electrons. The van der Waals surface area contributed by atoms with Crippen molar-refractivity contribution in [2.45, 2.75) is 26.3 Å². The van der Waals surface area contributed by atoms with Crippen molar-refractivity contribution in [3.63, 3.8) is 0 Å². The molecule has 1 fully saturated rings. The maximum atomic E-state index is 12.7. The fourth-order valence-electron chi connectivity index (χ4n) is 3.54. The van der Waals surface area contributed by atoms with Crippen molar-refractivity contribution in [1.29, 1.82) is 0 Å². The third kappa shape index (κ3) is 4.76. The van der Waals surface area contributed by atoms with Gasteiger partial charge in [0, 0.05) is 24.0 Å². The average Bonchev–Trinajstić information content (AvgIpc) is 3.27. The number of hydrogen-bond donors (Lipinski definition) is 1. The number of carbonyl (C=O) groups is 1. The van der Waals surface area contributed by atoms with E-state index in [1.165, 1.54) is 0 Å². The van der Waals surface area contributed by atoms with E-state index < -0.39 is 0 Å². The van der Waals surface area contributed by atoms with Crippen LogP contribution in [0.3, 0.4) is 0 Å². The first-order valence-electron chi connectivity index (χ1n) is 10.0. The van der Waals surface area contributed by atoms with Crippen LogP contribution in [-0.4, -0.2) is 41.3 Å². The van der Waals surface area contributed by atoms with E-state index in [1.807, 2.05) is 48.7 Å². The van der Waals surface area contributed by atoms with Crippen LogP contribution in [0, 0.1) is 12.8 Å². The number of benzene rings is 1. The van der Waals surface area contributed by atoms with Crippen LogP contribution in [0.2, 0.25) is 0 Å². The minimum atomic E-state index is -0.0541. The molecule has 1 aromatic carbocycles. The SMILES string of the molecule is COc1ccc(-c2nc(CNC(=O)C3CCCN(c4ccc(C)nn4)C3)cs2)cc1. The Morgan fingerprint density at radius 1 is 1.23 bits per heavy atom. The average molecular weight is 424 g/mol. The number of hydrogen-bond acceptors (Lipinski definition) is 7. The Labute approximate surface area is 180 Å². The molecule has 2 aromatic heterocycles. The molecule has 3 heterocycles. The second-order valence-corrected chi connectivity index (χ2v) is 8.27. The highest BCUT2D eigenvalue weighted by atomic mass is 32.1. The molecule has 1 aliphatic heterocycles. The van der Waals surface area contributed by atoms with E-state index in [1.54, 1.807) is 18.4 Å². The molecule has 1 atom stereocenters. The zero-order valence-corrected chi connectivity index (χ0v) is 18.0. The fourth-order valence-corrected chi connectivity index (χ4v) is 4.36. The highest BCUT2D eigenvalue weighted by Crippen LogP contribution is 2.26. The van der Waals surface area contributed by atoms with Crippen molar-refractivity contribution in [2.75, 3.05) is 25.1 Å². The molecule has 1 N–H and O–H groups in total. The topological polar surface area (TPSA) is 80.2 Å². The van der Waals surface area contributed by atoms with Gasteiger partial charge in [-0.1, -0.05) is 0 Å². The van der Waals surface area contributed by atoms with Gasteiger partial charge in [-0.2, -0.15) is 5.10 Å². The predicted octanol–water partition coefficient (Wildman–Crippen LogP) is 3.45. The van der Waals surface area contributed by atoms with E-state index in [0.29, 0.717) is 13.1 Å². The quantitative estimate of drug-likeness (QED) is 0.654. The largest absolute Gasteiger partial charge is 0.497 e. The van der Waals surface area contributed by atoms with Crippen molar-refractivity contribution in [1.82, 2.24) is 20.5 Å². The van der Waals surface area contributed by atoms with Gasteiger partial charge >= 0.3 is 0 Å². The summed E-state index contributed by atoms with van der Waals surface area (Å²) in [6.07, 6.45) is 1.85. The highest BCUT2D eigenvalue weighted by Gasteiger charge is 2.26. The molecule has 0 radical (unpaired) electrons. The van der Waals surface area contributed by atoms with E-state index in [-0.39, 0.29) is 11.8 Å². The van der Waals surface area contributed by atoms with Gasteiger partial charge in [-0.05, 0) is 56.2 Å². The molecule has 0 saturated carbocycles. The first kappa shape index (κ1) is 20.3. The second kappa shape index (κ2) is 9.21. The highest BCUT2D eigenvalue weighted by molar-refractivity contribution is 7.13. The summed E-state index contributed by atoms with van der Waals surface area (Å²) in [5, 5.41) is 14.4. The van der Waals surface area contributed by atoms with Gasteiger partial charge in [0.2, 0.25) is 5.91 Å². The van der Waals surface area contributed by atoms with Crippen LogP contribution in [0.5, 0.6) is 5.75 Å². The van der Waals surface area contributed by atoms with E-state index in [2.05, 4.69) is 25.4 Å². The lowest BCUT2D eigenvalue weighted by molar-refractivity contribution is -0.125. The molecule has 8 heteroatoms. The Morgan fingerprint density at radius 3 is 2.80 bits per heavy atom. The van der Waals surface area contributed by atoms with Gasteiger partial charge in [0.15, 0.2) is 5.82 Å². The van der Waals surface area contributed by atoms with Gasteiger partial charge in [0.05, 0.1) is 31.0 Å². The van der Waals surface area contributed by atoms with Crippen molar-refractivity contribution >= 4 is 23.1 Å². The van der Waals surface area contributed by atoms with Crippen LogP contribution in [0.15, 0.2) is 41.8 Å². The van der Waals surface area contributed by atoms with Crippen LogP contribution >= 0.6 is 11.3 Å². The molecule has 1 saturated heterocycles. The van der Waals surface area contributed by atoms with Gasteiger partial charge < -0.3 is 15.0 Å². The summed E-state index contributed by atoms with van der Waals surface area (Å²) in [5.74, 6) is 1.67. The summed E-state index contributed by atoms with van der Waals surface area (Å²) < 4.78 is 5.20. The van der Waals surface area contributed by atoms with Crippen molar-refractivity contribution in [2.24, 2.45) is 5.92 Å². The summed E-state index contributed by atoms with van der Waals surface area (Å²) in [6, 6.07) is 11.7. The predicted molar refractivity (Wildman–Crippen MR) is 118 cm³/mol. The lowest BCUT2D eigenvalue weighted by Crippen LogP contribution is -2.43. The summed E-state index contributed by atoms with van der Waals surface area (Å²) in [5.41, 5.74) is 2.80. The molecule has 0 spiro atoms. The van der Waals surface area contributed by atoms with Crippen molar-refractivity contribution < 1.29 is 9.53 Å². The number of methoxy groups -OCH3 is 1. The van der Waals surface area contributed by atoms with Gasteiger partial charge in [-0.15, -0.1) is 16.4 Å². The van der Waals surface area contributed by atoms with Crippen molar-refractivity contribution in [3.05, 3.63) is 53.2 Å². The lowest BCUT2D eigenvalue weighted by Gasteiger charge is -2.32. The molecule has 30 heavy (non-hydrogen) atoms. The summed E-state index contributed by atoms with van der Waals surface area (Å²) in [6.45, 7) is 3.92. The summed E-state index contributed by atoms with van der Waals surface area (Å²) in [7, 11) is 1.65. The summed E-state index contributed by atoms with van der Waals surface area (Å²) >= 11 is 1.58. The van der Waals surface area contributed by atoms with Gasteiger partial charge in [-0.3, -0.25) is 4.79 Å². The van der Waals surface area contributed by atoms with Crippen LogP contribution in [0.25, 0.3) is 10.6 Å². The summed E-state index contributed by atoms with van der Waals surface area (Å²) in [4.78, 5) is 19.5. The number of nitrogens with one attached hydrogen (secondary N) is 1. The molecule has 1 unspecified atom stereocenters.